The van der Waals surface area contributed by atoms with Gasteiger partial charge in [-0.25, -0.2) is 9.88 Å². The number of aromatic nitrogens is 1. The fraction of sp³-hybridized carbons (Fsp3) is 0.286. The molecular formula is C7H7N3OS2. The zero-order chi connectivity index (χ0) is 9.42. The Balaban J connectivity index is 2.35. The molecule has 1 aliphatic heterocycles. The lowest BCUT2D eigenvalue weighted by atomic mass is 10.6. The van der Waals surface area contributed by atoms with Crippen LogP contribution in [-0.2, 0) is 4.79 Å². The van der Waals surface area contributed by atoms with E-state index in [4.69, 9.17) is 5.41 Å². The molecule has 0 aliphatic carbocycles. The summed E-state index contributed by atoms with van der Waals surface area (Å²) in [7, 11) is 0. The standard InChI is InChI=1S/C7H7N3OS2/c1-4-2-13-7(9-4)10-5(11)3-12-6(10)8/h2,8H,3H2,1H3. The first kappa shape index (κ1) is 8.71. The molecule has 13 heavy (non-hydrogen) atoms. The second-order valence-electron chi connectivity index (χ2n) is 2.59. The molecule has 0 saturated carbocycles. The van der Waals surface area contributed by atoms with Crippen molar-refractivity contribution in [3.05, 3.63) is 11.1 Å². The summed E-state index contributed by atoms with van der Waals surface area (Å²) in [4.78, 5) is 16.9. The van der Waals surface area contributed by atoms with Gasteiger partial charge in [0.15, 0.2) is 10.3 Å². The molecule has 1 aromatic rings. The van der Waals surface area contributed by atoms with Crippen molar-refractivity contribution in [3.8, 4) is 0 Å². The first-order valence-corrected chi connectivity index (χ1v) is 5.51. The quantitative estimate of drug-likeness (QED) is 0.768. The summed E-state index contributed by atoms with van der Waals surface area (Å²) in [6, 6.07) is 0. The highest BCUT2D eigenvalue weighted by Gasteiger charge is 2.30. The number of rotatable bonds is 1. The molecule has 2 heterocycles. The summed E-state index contributed by atoms with van der Waals surface area (Å²) < 4.78 is 0. The molecule has 1 N–H and O–H groups in total. The fourth-order valence-corrected chi connectivity index (χ4v) is 2.60. The van der Waals surface area contributed by atoms with Crippen molar-refractivity contribution in [1.82, 2.24) is 4.98 Å². The van der Waals surface area contributed by atoms with Crippen molar-refractivity contribution in [2.75, 3.05) is 10.7 Å². The van der Waals surface area contributed by atoms with E-state index in [1.807, 2.05) is 12.3 Å². The van der Waals surface area contributed by atoms with Crippen LogP contribution in [0, 0.1) is 12.3 Å². The summed E-state index contributed by atoms with van der Waals surface area (Å²) in [5.74, 6) is 0.307. The maximum absolute atomic E-state index is 11.3. The van der Waals surface area contributed by atoms with Crippen molar-refractivity contribution in [3.63, 3.8) is 0 Å². The molecule has 1 aromatic heterocycles. The van der Waals surface area contributed by atoms with E-state index in [-0.39, 0.29) is 11.1 Å². The van der Waals surface area contributed by atoms with Gasteiger partial charge in [-0.3, -0.25) is 10.2 Å². The van der Waals surface area contributed by atoms with Crippen molar-refractivity contribution in [2.45, 2.75) is 6.92 Å². The lowest BCUT2D eigenvalue weighted by Gasteiger charge is -2.09. The number of thiazole rings is 1. The monoisotopic (exact) mass is 213 g/mol. The minimum atomic E-state index is -0.0515. The third-order valence-corrected chi connectivity index (χ3v) is 3.37. The molecule has 1 saturated heterocycles. The van der Waals surface area contributed by atoms with E-state index < -0.39 is 0 Å². The van der Waals surface area contributed by atoms with Gasteiger partial charge < -0.3 is 0 Å². The van der Waals surface area contributed by atoms with Crippen LogP contribution in [0.25, 0.3) is 0 Å². The minimum Gasteiger partial charge on any atom is -0.278 e. The molecule has 0 unspecified atom stereocenters. The first-order chi connectivity index (χ1) is 6.18. The Labute approximate surface area is 83.5 Å². The average molecular weight is 213 g/mol. The van der Waals surface area contributed by atoms with E-state index in [1.165, 1.54) is 28.0 Å². The van der Waals surface area contributed by atoms with Crippen molar-refractivity contribution in [2.24, 2.45) is 0 Å². The van der Waals surface area contributed by atoms with Gasteiger partial charge in [-0.2, -0.15) is 0 Å². The highest BCUT2D eigenvalue weighted by molar-refractivity contribution is 8.15. The Bertz CT molecular complexity index is 358. The highest BCUT2D eigenvalue weighted by atomic mass is 32.2. The molecule has 1 fully saturated rings. The number of carbonyl (C=O) groups excluding carboxylic acids is 1. The lowest BCUT2D eigenvalue weighted by Crippen LogP contribution is -2.28. The molecule has 0 atom stereocenters. The number of nitrogens with one attached hydrogen (secondary N) is 1. The number of amidine groups is 1. The highest BCUT2D eigenvalue weighted by Crippen LogP contribution is 2.28. The van der Waals surface area contributed by atoms with Gasteiger partial charge in [-0.1, -0.05) is 11.8 Å². The molecule has 1 amide bonds. The summed E-state index contributed by atoms with van der Waals surface area (Å²) in [6.45, 7) is 1.87. The molecule has 6 heteroatoms. The molecule has 2 rings (SSSR count). The van der Waals surface area contributed by atoms with Gasteiger partial charge >= 0.3 is 0 Å². The van der Waals surface area contributed by atoms with Gasteiger partial charge in [-0.05, 0) is 6.92 Å². The van der Waals surface area contributed by atoms with Gasteiger partial charge in [0.05, 0.1) is 11.4 Å². The first-order valence-electron chi connectivity index (χ1n) is 3.65. The number of hydrogen-bond donors (Lipinski definition) is 1. The third-order valence-electron chi connectivity index (χ3n) is 1.58. The molecule has 0 bridgehead atoms. The summed E-state index contributed by atoms with van der Waals surface area (Å²) in [5.41, 5.74) is 0.887. The average Bonchev–Trinajstić information content (AvgIpc) is 2.60. The molecular weight excluding hydrogens is 206 g/mol. The fourth-order valence-electron chi connectivity index (χ4n) is 1.01. The predicted octanol–water partition coefficient (Wildman–Crippen LogP) is 1.47. The van der Waals surface area contributed by atoms with E-state index in [9.17, 15) is 4.79 Å². The Morgan fingerprint density at radius 3 is 2.92 bits per heavy atom. The van der Waals surface area contributed by atoms with Crippen molar-refractivity contribution < 1.29 is 4.79 Å². The molecule has 1 aliphatic rings. The maximum Gasteiger partial charge on any atom is 0.245 e. The van der Waals surface area contributed by atoms with E-state index in [1.54, 1.807) is 0 Å². The molecule has 0 spiro atoms. The van der Waals surface area contributed by atoms with E-state index >= 15 is 0 Å². The molecule has 0 aromatic carbocycles. The van der Waals surface area contributed by atoms with Gasteiger partial charge in [0.1, 0.15) is 0 Å². The Hall–Kier alpha value is -0.880. The van der Waals surface area contributed by atoms with E-state index in [0.29, 0.717) is 10.9 Å². The largest absolute Gasteiger partial charge is 0.278 e. The van der Waals surface area contributed by atoms with Crippen LogP contribution in [0.5, 0.6) is 0 Å². The van der Waals surface area contributed by atoms with Gasteiger partial charge in [-0.15, -0.1) is 11.3 Å². The summed E-state index contributed by atoms with van der Waals surface area (Å²) in [6.07, 6.45) is 0. The SMILES string of the molecule is Cc1csc(N2C(=N)SCC2=O)n1. The van der Waals surface area contributed by atoms with Gasteiger partial charge in [0.2, 0.25) is 5.91 Å². The van der Waals surface area contributed by atoms with Crippen LogP contribution in [0.4, 0.5) is 5.13 Å². The van der Waals surface area contributed by atoms with Crippen molar-refractivity contribution >= 4 is 39.3 Å². The summed E-state index contributed by atoms with van der Waals surface area (Å²) in [5, 5.41) is 10.3. The number of aryl methyl sites for hydroxylation is 1. The number of carbonyl (C=O) groups is 1. The van der Waals surface area contributed by atoms with Gasteiger partial charge in [0.25, 0.3) is 0 Å². The van der Waals surface area contributed by atoms with Gasteiger partial charge in [0, 0.05) is 5.38 Å². The number of anilines is 1. The second kappa shape index (κ2) is 3.12. The van der Waals surface area contributed by atoms with E-state index in [0.717, 1.165) is 5.69 Å². The number of nitrogens with zero attached hydrogens (tertiary/aromatic N) is 2. The van der Waals surface area contributed by atoms with Crippen LogP contribution in [0.3, 0.4) is 0 Å². The summed E-state index contributed by atoms with van der Waals surface area (Å²) >= 11 is 2.64. The Morgan fingerprint density at radius 1 is 1.69 bits per heavy atom. The van der Waals surface area contributed by atoms with Crippen molar-refractivity contribution in [1.29, 1.82) is 5.41 Å². The van der Waals surface area contributed by atoms with E-state index in [2.05, 4.69) is 4.98 Å². The van der Waals surface area contributed by atoms with Crippen LogP contribution in [0.1, 0.15) is 5.69 Å². The smallest absolute Gasteiger partial charge is 0.245 e. The number of thioether (sulfide) groups is 1. The third kappa shape index (κ3) is 1.47. The second-order valence-corrected chi connectivity index (χ2v) is 4.40. The van der Waals surface area contributed by atoms with Crippen LogP contribution in [-0.4, -0.2) is 21.8 Å². The maximum atomic E-state index is 11.3. The Kier molecular flexibility index (Phi) is 2.09. The Morgan fingerprint density at radius 2 is 2.46 bits per heavy atom. The minimum absolute atomic E-state index is 0.0515. The molecule has 4 nitrogen and oxygen atoms in total. The van der Waals surface area contributed by atoms with Crippen LogP contribution in [0.2, 0.25) is 0 Å². The molecule has 0 radical (unpaired) electrons. The molecule has 68 valence electrons. The predicted molar refractivity (Wildman–Crippen MR) is 54.5 cm³/mol. The number of hydrogen-bond acceptors (Lipinski definition) is 5. The zero-order valence-corrected chi connectivity index (χ0v) is 8.54. The normalized spacial score (nSPS) is 17.2. The van der Waals surface area contributed by atoms with Crippen LogP contribution in [0.15, 0.2) is 5.38 Å². The lowest BCUT2D eigenvalue weighted by molar-refractivity contribution is -0.115. The topological polar surface area (TPSA) is 57.1 Å². The zero-order valence-electron chi connectivity index (χ0n) is 6.90. The number of amides is 1. The van der Waals surface area contributed by atoms with Crippen LogP contribution >= 0.6 is 23.1 Å². The van der Waals surface area contributed by atoms with Crippen LogP contribution < -0.4 is 4.90 Å².